The van der Waals surface area contributed by atoms with Gasteiger partial charge in [-0.15, -0.1) is 0 Å². The van der Waals surface area contributed by atoms with Crippen molar-refractivity contribution in [1.82, 2.24) is 0 Å². The minimum atomic E-state index is -0.613. The second-order valence-corrected chi connectivity index (χ2v) is 8.01. The number of aliphatic hydroxyl groups excluding tert-OH is 2. The summed E-state index contributed by atoms with van der Waals surface area (Å²) < 4.78 is 0. The third-order valence-electron chi connectivity index (χ3n) is 6.58. The molecule has 4 nitrogen and oxygen atoms in total. The SMILES string of the molecule is CCc1cc(C)cc(CC)c1C1C(=O)C2CC(C(CO)CO)CC2C1=O. The molecule has 2 unspecified atom stereocenters. The van der Waals surface area contributed by atoms with Gasteiger partial charge in [0, 0.05) is 31.0 Å². The number of aliphatic hydroxyl groups is 2. The van der Waals surface area contributed by atoms with E-state index < -0.39 is 5.92 Å². The van der Waals surface area contributed by atoms with Gasteiger partial charge in [-0.1, -0.05) is 31.5 Å². The lowest BCUT2D eigenvalue weighted by atomic mass is 9.81. The molecular weight excluding hydrogens is 328 g/mol. The van der Waals surface area contributed by atoms with Crippen molar-refractivity contribution < 1.29 is 19.8 Å². The molecule has 4 heteroatoms. The van der Waals surface area contributed by atoms with E-state index in [0.29, 0.717) is 12.8 Å². The highest BCUT2D eigenvalue weighted by Crippen LogP contribution is 2.51. The van der Waals surface area contributed by atoms with Crippen molar-refractivity contribution in [3.63, 3.8) is 0 Å². The van der Waals surface area contributed by atoms with E-state index in [-0.39, 0.29) is 48.5 Å². The van der Waals surface area contributed by atoms with Crippen molar-refractivity contribution in [2.75, 3.05) is 13.2 Å². The van der Waals surface area contributed by atoms with E-state index in [0.717, 1.165) is 29.5 Å². The molecule has 2 saturated carbocycles. The van der Waals surface area contributed by atoms with Gasteiger partial charge in [0.15, 0.2) is 11.6 Å². The monoisotopic (exact) mass is 358 g/mol. The Bertz CT molecular complexity index is 655. The van der Waals surface area contributed by atoms with Crippen molar-refractivity contribution in [3.8, 4) is 0 Å². The zero-order valence-electron chi connectivity index (χ0n) is 16.0. The molecule has 26 heavy (non-hydrogen) atoms. The molecule has 0 spiro atoms. The number of carbonyl (C=O) groups is 2. The Balaban J connectivity index is 1.95. The van der Waals surface area contributed by atoms with Crippen LogP contribution in [0, 0.1) is 30.6 Å². The van der Waals surface area contributed by atoms with Gasteiger partial charge in [0.05, 0.1) is 0 Å². The number of carbonyl (C=O) groups excluding carboxylic acids is 2. The molecule has 0 aliphatic heterocycles. The molecule has 142 valence electrons. The molecule has 0 heterocycles. The third kappa shape index (κ3) is 3.03. The molecule has 0 bridgehead atoms. The zero-order valence-corrected chi connectivity index (χ0v) is 16.0. The van der Waals surface area contributed by atoms with Crippen LogP contribution >= 0.6 is 0 Å². The van der Waals surface area contributed by atoms with Crippen LogP contribution in [0.1, 0.15) is 54.9 Å². The fourth-order valence-electron chi connectivity index (χ4n) is 5.21. The quantitative estimate of drug-likeness (QED) is 0.767. The van der Waals surface area contributed by atoms with E-state index in [9.17, 15) is 19.8 Å². The fraction of sp³-hybridized carbons (Fsp3) is 0.636. The first-order valence-electron chi connectivity index (χ1n) is 9.88. The predicted molar refractivity (Wildman–Crippen MR) is 100 cm³/mol. The molecule has 2 aliphatic rings. The maximum absolute atomic E-state index is 13.2. The first kappa shape index (κ1) is 19.2. The summed E-state index contributed by atoms with van der Waals surface area (Å²) in [4.78, 5) is 26.4. The molecular formula is C22H30O4. The van der Waals surface area contributed by atoms with Gasteiger partial charge >= 0.3 is 0 Å². The Kier molecular flexibility index (Phi) is 5.64. The zero-order chi connectivity index (χ0) is 19.0. The normalized spacial score (nSPS) is 28.2. The van der Waals surface area contributed by atoms with Crippen LogP contribution in [0.2, 0.25) is 0 Å². The molecule has 0 saturated heterocycles. The first-order chi connectivity index (χ1) is 12.5. The average Bonchev–Trinajstić information content (AvgIpc) is 3.16. The van der Waals surface area contributed by atoms with Gasteiger partial charge in [0.1, 0.15) is 5.92 Å². The standard InChI is InChI=1S/C22H30O4/c1-4-13-6-12(3)7-14(5-2)19(13)20-21(25)17-8-15(16(10-23)11-24)9-18(17)22(20)26/h6-7,15-18,20,23-24H,4-5,8-11H2,1-3H3. The molecule has 3 rings (SSSR count). The molecule has 2 atom stereocenters. The first-order valence-corrected chi connectivity index (χ1v) is 9.88. The number of hydrogen-bond donors (Lipinski definition) is 2. The van der Waals surface area contributed by atoms with Gasteiger partial charge < -0.3 is 10.2 Å². The van der Waals surface area contributed by atoms with Gasteiger partial charge in [0.25, 0.3) is 0 Å². The Morgan fingerprint density at radius 2 is 1.42 bits per heavy atom. The van der Waals surface area contributed by atoms with E-state index >= 15 is 0 Å². The molecule has 0 aromatic heterocycles. The summed E-state index contributed by atoms with van der Waals surface area (Å²) in [6, 6.07) is 4.22. The topological polar surface area (TPSA) is 74.6 Å². The number of hydrogen-bond acceptors (Lipinski definition) is 4. The van der Waals surface area contributed by atoms with E-state index in [1.54, 1.807) is 0 Å². The minimum Gasteiger partial charge on any atom is -0.396 e. The minimum absolute atomic E-state index is 0.0585. The fourth-order valence-corrected chi connectivity index (χ4v) is 5.21. The van der Waals surface area contributed by atoms with E-state index in [1.807, 2.05) is 0 Å². The van der Waals surface area contributed by atoms with E-state index in [4.69, 9.17) is 0 Å². The van der Waals surface area contributed by atoms with Gasteiger partial charge in [-0.05, 0) is 55.2 Å². The van der Waals surface area contributed by atoms with Crippen molar-refractivity contribution in [3.05, 3.63) is 34.4 Å². The largest absolute Gasteiger partial charge is 0.396 e. The summed E-state index contributed by atoms with van der Waals surface area (Å²) in [5.74, 6) is -1.14. The predicted octanol–water partition coefficient (Wildman–Crippen LogP) is 2.60. The van der Waals surface area contributed by atoms with Crippen LogP contribution in [0.3, 0.4) is 0 Å². The number of ketones is 2. The van der Waals surface area contributed by atoms with E-state index in [2.05, 4.69) is 32.9 Å². The summed E-state index contributed by atoms with van der Waals surface area (Å²) in [6.07, 6.45) is 2.87. The van der Waals surface area contributed by atoms with Gasteiger partial charge in [-0.25, -0.2) is 0 Å². The van der Waals surface area contributed by atoms with E-state index in [1.165, 1.54) is 5.56 Å². The van der Waals surface area contributed by atoms with Crippen LogP contribution in [0.4, 0.5) is 0 Å². The highest BCUT2D eigenvalue weighted by Gasteiger charge is 2.55. The van der Waals surface area contributed by atoms with Gasteiger partial charge in [0.2, 0.25) is 0 Å². The lowest BCUT2D eigenvalue weighted by Gasteiger charge is -2.22. The molecule has 1 aromatic rings. The number of rotatable bonds is 6. The lowest BCUT2D eigenvalue weighted by Crippen LogP contribution is -2.25. The molecule has 1 aromatic carbocycles. The Labute approximate surface area is 155 Å². The second kappa shape index (κ2) is 7.61. The molecule has 0 amide bonds. The van der Waals surface area contributed by atoms with Crippen LogP contribution < -0.4 is 0 Å². The molecule has 2 aliphatic carbocycles. The van der Waals surface area contributed by atoms with Crippen LogP contribution in [0.5, 0.6) is 0 Å². The number of fused-ring (bicyclic) bond motifs is 1. The highest BCUT2D eigenvalue weighted by atomic mass is 16.3. The Morgan fingerprint density at radius 1 is 0.962 bits per heavy atom. The lowest BCUT2D eigenvalue weighted by molar-refractivity contribution is -0.125. The summed E-state index contributed by atoms with van der Waals surface area (Å²) >= 11 is 0. The van der Waals surface area contributed by atoms with Gasteiger partial charge in [-0.3, -0.25) is 9.59 Å². The van der Waals surface area contributed by atoms with Crippen LogP contribution in [0.15, 0.2) is 12.1 Å². The number of Topliss-reactive ketones (excluding diaryl/α,β-unsaturated/α-hetero) is 2. The van der Waals surface area contributed by atoms with Crippen LogP contribution in [-0.4, -0.2) is 35.0 Å². The smallest absolute Gasteiger partial charge is 0.151 e. The van der Waals surface area contributed by atoms with Crippen molar-refractivity contribution >= 4 is 11.6 Å². The Hall–Kier alpha value is -1.52. The number of aryl methyl sites for hydroxylation is 3. The van der Waals surface area contributed by atoms with Crippen LogP contribution in [-0.2, 0) is 22.4 Å². The molecule has 2 fully saturated rings. The maximum Gasteiger partial charge on any atom is 0.151 e. The molecule has 0 radical (unpaired) electrons. The van der Waals surface area contributed by atoms with Crippen molar-refractivity contribution in [1.29, 1.82) is 0 Å². The summed E-state index contributed by atoms with van der Waals surface area (Å²) in [5.41, 5.74) is 4.37. The van der Waals surface area contributed by atoms with Gasteiger partial charge in [-0.2, -0.15) is 0 Å². The second-order valence-electron chi connectivity index (χ2n) is 8.01. The molecule has 2 N–H and O–H groups in total. The summed E-state index contributed by atoms with van der Waals surface area (Å²) in [7, 11) is 0. The summed E-state index contributed by atoms with van der Waals surface area (Å²) in [6.45, 7) is 6.02. The van der Waals surface area contributed by atoms with Crippen molar-refractivity contribution in [2.24, 2.45) is 23.7 Å². The van der Waals surface area contributed by atoms with Crippen LogP contribution in [0.25, 0.3) is 0 Å². The number of benzene rings is 1. The third-order valence-corrected chi connectivity index (χ3v) is 6.58. The maximum atomic E-state index is 13.2. The summed E-state index contributed by atoms with van der Waals surface area (Å²) in [5, 5.41) is 18.9. The highest BCUT2D eigenvalue weighted by molar-refractivity contribution is 6.16. The Morgan fingerprint density at radius 3 is 1.81 bits per heavy atom. The van der Waals surface area contributed by atoms with Crippen molar-refractivity contribution in [2.45, 2.75) is 52.4 Å². The average molecular weight is 358 g/mol.